The highest BCUT2D eigenvalue weighted by Crippen LogP contribution is 2.12. The minimum atomic E-state index is -0.504. The van der Waals surface area contributed by atoms with Crippen LogP contribution < -0.4 is 15.8 Å². The van der Waals surface area contributed by atoms with Crippen LogP contribution in [0.25, 0.3) is 0 Å². The molecule has 19 heavy (non-hydrogen) atoms. The topological polar surface area (TPSA) is 85.9 Å². The molecule has 3 N–H and O–H groups in total. The van der Waals surface area contributed by atoms with Crippen molar-refractivity contribution < 1.29 is 14.4 Å². The molecular weight excluding hydrogens is 246 g/mol. The number of carbonyl (C=O) groups is 1. The molecule has 2 rings (SSSR count). The molecule has 0 aliphatic carbocycles. The lowest BCUT2D eigenvalue weighted by atomic mass is 10.2. The van der Waals surface area contributed by atoms with Crippen molar-refractivity contribution in [2.45, 2.75) is 19.1 Å². The van der Waals surface area contributed by atoms with Gasteiger partial charge in [-0.3, -0.25) is 4.79 Å². The van der Waals surface area contributed by atoms with Gasteiger partial charge in [0.1, 0.15) is 18.4 Å². The summed E-state index contributed by atoms with van der Waals surface area (Å²) in [5.74, 6) is 0.369. The summed E-state index contributed by atoms with van der Waals surface area (Å²) in [5.41, 5.74) is 6.88. The van der Waals surface area contributed by atoms with Crippen molar-refractivity contribution in [3.8, 4) is 5.75 Å². The number of rotatable bonds is 5. The van der Waals surface area contributed by atoms with Crippen LogP contribution in [0.2, 0.25) is 0 Å². The lowest BCUT2D eigenvalue weighted by Gasteiger charge is -2.07. The fourth-order valence-corrected chi connectivity index (χ4v) is 1.88. The number of methoxy groups -OCH3 is 1. The smallest absolute Gasteiger partial charge is 0.240 e. The molecule has 1 aliphatic heterocycles. The second-order valence-electron chi connectivity index (χ2n) is 4.24. The van der Waals surface area contributed by atoms with Crippen molar-refractivity contribution in [2.24, 2.45) is 10.9 Å². The Hall–Kier alpha value is -2.08. The minimum absolute atomic E-state index is 0.346. The van der Waals surface area contributed by atoms with Gasteiger partial charge in [-0.05, 0) is 17.7 Å². The first-order valence-corrected chi connectivity index (χ1v) is 6.05. The number of hydrogen-bond donors (Lipinski definition) is 2. The van der Waals surface area contributed by atoms with Gasteiger partial charge in [0.05, 0.1) is 12.8 Å². The number of amides is 1. The molecule has 1 atom stereocenters. The van der Waals surface area contributed by atoms with E-state index in [2.05, 4.69) is 10.5 Å². The highest BCUT2D eigenvalue weighted by molar-refractivity contribution is 6.08. The van der Waals surface area contributed by atoms with Crippen LogP contribution in [0.4, 0.5) is 0 Å². The maximum Gasteiger partial charge on any atom is 0.240 e. The van der Waals surface area contributed by atoms with Gasteiger partial charge in [0, 0.05) is 13.0 Å². The predicted octanol–water partition coefficient (Wildman–Crippen LogP) is 0.415. The summed E-state index contributed by atoms with van der Waals surface area (Å²) >= 11 is 0. The summed E-state index contributed by atoms with van der Waals surface area (Å²) < 4.78 is 5.07. The van der Waals surface area contributed by atoms with Crippen molar-refractivity contribution >= 4 is 11.6 Å². The molecule has 1 aliphatic rings. The molecule has 1 heterocycles. The number of oxime groups is 1. The zero-order valence-electron chi connectivity index (χ0n) is 10.8. The second-order valence-corrected chi connectivity index (χ2v) is 4.24. The van der Waals surface area contributed by atoms with Gasteiger partial charge < -0.3 is 20.6 Å². The Kier molecular flexibility index (Phi) is 4.35. The molecular formula is C13H17N3O3. The fourth-order valence-electron chi connectivity index (χ4n) is 1.88. The monoisotopic (exact) mass is 263 g/mol. The molecule has 102 valence electrons. The molecule has 1 fully saturated rings. The van der Waals surface area contributed by atoms with E-state index < -0.39 is 11.9 Å². The van der Waals surface area contributed by atoms with Gasteiger partial charge in [-0.1, -0.05) is 17.3 Å². The van der Waals surface area contributed by atoms with E-state index >= 15 is 0 Å². The number of benzene rings is 1. The Bertz CT molecular complexity index is 471. The van der Waals surface area contributed by atoms with Crippen molar-refractivity contribution in [1.82, 2.24) is 5.32 Å². The molecule has 6 heteroatoms. The van der Waals surface area contributed by atoms with Crippen molar-refractivity contribution in [3.05, 3.63) is 29.8 Å². The molecule has 0 bridgehead atoms. The van der Waals surface area contributed by atoms with Crippen molar-refractivity contribution in [2.75, 3.05) is 13.7 Å². The van der Waals surface area contributed by atoms with Gasteiger partial charge in [0.25, 0.3) is 0 Å². The van der Waals surface area contributed by atoms with Gasteiger partial charge in [0.15, 0.2) is 0 Å². The number of nitrogens with one attached hydrogen (secondary N) is 1. The van der Waals surface area contributed by atoms with Crippen LogP contribution in [-0.4, -0.2) is 31.3 Å². The minimum Gasteiger partial charge on any atom is -0.497 e. The highest BCUT2D eigenvalue weighted by Gasteiger charge is 2.27. The molecule has 1 unspecified atom stereocenters. The van der Waals surface area contributed by atoms with Crippen LogP contribution in [0.1, 0.15) is 12.0 Å². The summed E-state index contributed by atoms with van der Waals surface area (Å²) in [7, 11) is 1.62. The lowest BCUT2D eigenvalue weighted by Crippen LogP contribution is -2.40. The molecule has 1 amide bonds. The van der Waals surface area contributed by atoms with Gasteiger partial charge in [-0.2, -0.15) is 0 Å². The Balaban J connectivity index is 1.89. The maximum atomic E-state index is 11.1. The van der Waals surface area contributed by atoms with Crippen LogP contribution in [0.15, 0.2) is 29.4 Å². The highest BCUT2D eigenvalue weighted by atomic mass is 16.6. The first-order valence-electron chi connectivity index (χ1n) is 6.05. The Morgan fingerprint density at radius 1 is 1.47 bits per heavy atom. The fraction of sp³-hybridized carbons (Fsp3) is 0.385. The number of ether oxygens (including phenoxy) is 1. The second kappa shape index (κ2) is 6.19. The molecule has 1 aromatic carbocycles. The van der Waals surface area contributed by atoms with E-state index in [1.807, 2.05) is 24.3 Å². The SMILES string of the molecule is COc1ccc(CON=C2CCNC2C(N)=O)cc1. The summed E-state index contributed by atoms with van der Waals surface area (Å²) in [6.45, 7) is 1.04. The number of carbonyl (C=O) groups excluding carboxylic acids is 1. The lowest BCUT2D eigenvalue weighted by molar-refractivity contribution is -0.118. The molecule has 0 spiro atoms. The van der Waals surface area contributed by atoms with E-state index in [1.54, 1.807) is 7.11 Å². The van der Waals surface area contributed by atoms with Gasteiger partial charge >= 0.3 is 0 Å². The Morgan fingerprint density at radius 3 is 2.84 bits per heavy atom. The molecule has 0 aromatic heterocycles. The quantitative estimate of drug-likeness (QED) is 0.754. The third-order valence-electron chi connectivity index (χ3n) is 2.92. The van der Waals surface area contributed by atoms with E-state index in [0.29, 0.717) is 25.3 Å². The Labute approximate surface area is 111 Å². The molecule has 0 saturated carbocycles. The largest absolute Gasteiger partial charge is 0.497 e. The average molecular weight is 263 g/mol. The van der Waals surface area contributed by atoms with Gasteiger partial charge in [-0.15, -0.1) is 0 Å². The molecule has 0 radical (unpaired) electrons. The summed E-state index contributed by atoms with van der Waals surface area (Å²) in [6.07, 6.45) is 0.677. The van der Waals surface area contributed by atoms with E-state index in [1.165, 1.54) is 0 Å². The summed E-state index contributed by atoms with van der Waals surface area (Å²) in [6, 6.07) is 7.01. The standard InChI is InChI=1S/C13H17N3O3/c1-18-10-4-2-9(3-5-10)8-19-16-11-6-7-15-12(11)13(14)17/h2-5,12,15H,6-8H2,1H3,(H2,14,17). The first-order chi connectivity index (χ1) is 9.20. The summed E-state index contributed by atoms with van der Waals surface area (Å²) in [4.78, 5) is 16.4. The number of nitrogens with two attached hydrogens (primary N) is 1. The van der Waals surface area contributed by atoms with Gasteiger partial charge in [-0.25, -0.2) is 0 Å². The maximum absolute atomic E-state index is 11.1. The van der Waals surface area contributed by atoms with E-state index in [-0.39, 0.29) is 0 Å². The zero-order valence-corrected chi connectivity index (χ0v) is 10.8. The zero-order chi connectivity index (χ0) is 13.7. The number of nitrogens with zero attached hydrogens (tertiary/aromatic N) is 1. The summed E-state index contributed by atoms with van der Waals surface area (Å²) in [5, 5.41) is 6.95. The molecule has 1 saturated heterocycles. The third kappa shape index (κ3) is 3.45. The average Bonchev–Trinajstić information content (AvgIpc) is 2.88. The molecule has 6 nitrogen and oxygen atoms in total. The van der Waals surface area contributed by atoms with Crippen LogP contribution in [-0.2, 0) is 16.2 Å². The van der Waals surface area contributed by atoms with Crippen molar-refractivity contribution in [1.29, 1.82) is 0 Å². The molecule has 1 aromatic rings. The Morgan fingerprint density at radius 2 is 2.21 bits per heavy atom. The first kappa shape index (κ1) is 13.4. The van der Waals surface area contributed by atoms with E-state index in [4.69, 9.17) is 15.3 Å². The number of primary amides is 1. The normalized spacial score (nSPS) is 20.5. The van der Waals surface area contributed by atoms with Crippen LogP contribution in [0, 0.1) is 0 Å². The van der Waals surface area contributed by atoms with Crippen molar-refractivity contribution in [3.63, 3.8) is 0 Å². The van der Waals surface area contributed by atoms with E-state index in [0.717, 1.165) is 11.3 Å². The van der Waals surface area contributed by atoms with Crippen LogP contribution >= 0.6 is 0 Å². The predicted molar refractivity (Wildman–Crippen MR) is 70.8 cm³/mol. The van der Waals surface area contributed by atoms with Gasteiger partial charge in [0.2, 0.25) is 5.91 Å². The number of hydrogen-bond acceptors (Lipinski definition) is 5. The third-order valence-corrected chi connectivity index (χ3v) is 2.92. The van der Waals surface area contributed by atoms with Crippen LogP contribution in [0.3, 0.4) is 0 Å². The van der Waals surface area contributed by atoms with E-state index in [9.17, 15) is 4.79 Å². The van der Waals surface area contributed by atoms with Crippen LogP contribution in [0.5, 0.6) is 5.75 Å².